The van der Waals surface area contributed by atoms with Crippen molar-refractivity contribution < 1.29 is 4.42 Å². The number of pyridine rings is 1. The molecule has 2 aromatic heterocycles. The molecule has 4 heteroatoms. The standard InChI is InChI=1S/C18H11NO3/c20-15-9-17(22-16-8-4-2-6-12(15)16)13-10-19-14-7-3-1-5-11(14)18(13)21/h1-10H,(H,19,21). The maximum absolute atomic E-state index is 12.6. The number of aromatic amines is 1. The second kappa shape index (κ2) is 4.70. The molecule has 0 aliphatic heterocycles. The molecule has 4 nitrogen and oxygen atoms in total. The minimum atomic E-state index is -0.163. The lowest BCUT2D eigenvalue weighted by atomic mass is 10.1. The van der Waals surface area contributed by atoms with E-state index in [2.05, 4.69) is 4.98 Å². The van der Waals surface area contributed by atoms with Gasteiger partial charge in [-0.1, -0.05) is 24.3 Å². The zero-order valence-corrected chi connectivity index (χ0v) is 11.5. The van der Waals surface area contributed by atoms with E-state index < -0.39 is 0 Å². The lowest BCUT2D eigenvalue weighted by molar-refractivity contribution is 0.618. The van der Waals surface area contributed by atoms with Crippen molar-refractivity contribution in [2.45, 2.75) is 0 Å². The zero-order valence-electron chi connectivity index (χ0n) is 11.5. The molecule has 0 atom stereocenters. The predicted molar refractivity (Wildman–Crippen MR) is 86.0 cm³/mol. The van der Waals surface area contributed by atoms with Crippen LogP contribution in [0.2, 0.25) is 0 Å². The van der Waals surface area contributed by atoms with E-state index in [-0.39, 0.29) is 16.6 Å². The van der Waals surface area contributed by atoms with E-state index in [1.807, 2.05) is 12.1 Å². The summed E-state index contributed by atoms with van der Waals surface area (Å²) in [5.41, 5.74) is 1.25. The molecular formula is C18H11NO3. The number of fused-ring (bicyclic) bond motifs is 2. The molecule has 0 spiro atoms. The van der Waals surface area contributed by atoms with Crippen molar-refractivity contribution in [3.8, 4) is 11.3 Å². The van der Waals surface area contributed by atoms with Gasteiger partial charge in [0.15, 0.2) is 10.9 Å². The zero-order chi connectivity index (χ0) is 15.1. The third-order valence-corrected chi connectivity index (χ3v) is 3.69. The quantitative estimate of drug-likeness (QED) is 0.584. The predicted octanol–water partition coefficient (Wildman–Crippen LogP) is 3.30. The molecule has 106 valence electrons. The third kappa shape index (κ3) is 1.85. The van der Waals surface area contributed by atoms with Crippen LogP contribution in [0.15, 0.2) is 74.8 Å². The molecule has 0 aliphatic rings. The summed E-state index contributed by atoms with van der Waals surface area (Å²) in [6.45, 7) is 0. The van der Waals surface area contributed by atoms with Gasteiger partial charge in [-0.25, -0.2) is 0 Å². The largest absolute Gasteiger partial charge is 0.456 e. The number of H-pyrrole nitrogens is 1. The molecule has 0 aliphatic carbocycles. The van der Waals surface area contributed by atoms with Gasteiger partial charge >= 0.3 is 0 Å². The minimum absolute atomic E-state index is 0.159. The van der Waals surface area contributed by atoms with E-state index in [1.165, 1.54) is 6.07 Å². The first-order chi connectivity index (χ1) is 10.7. The molecule has 4 aromatic rings. The summed E-state index contributed by atoms with van der Waals surface area (Å²) in [4.78, 5) is 27.8. The Balaban J connectivity index is 2.05. The van der Waals surface area contributed by atoms with Crippen molar-refractivity contribution >= 4 is 21.9 Å². The first kappa shape index (κ1) is 12.6. The molecule has 0 unspecified atom stereocenters. The monoisotopic (exact) mass is 289 g/mol. The van der Waals surface area contributed by atoms with E-state index in [9.17, 15) is 9.59 Å². The molecule has 0 saturated carbocycles. The van der Waals surface area contributed by atoms with Gasteiger partial charge in [-0.15, -0.1) is 0 Å². The number of benzene rings is 2. The number of nitrogens with one attached hydrogen (secondary N) is 1. The van der Waals surface area contributed by atoms with Crippen LogP contribution < -0.4 is 10.9 Å². The highest BCUT2D eigenvalue weighted by Crippen LogP contribution is 2.20. The molecule has 4 rings (SSSR count). The normalized spacial score (nSPS) is 11.1. The molecule has 1 N–H and O–H groups in total. The molecule has 0 amide bonds. The number of hydrogen-bond acceptors (Lipinski definition) is 3. The molecule has 22 heavy (non-hydrogen) atoms. The Morgan fingerprint density at radius 3 is 2.45 bits per heavy atom. The van der Waals surface area contributed by atoms with E-state index >= 15 is 0 Å². The van der Waals surface area contributed by atoms with Gasteiger partial charge in [0.05, 0.1) is 10.9 Å². The Kier molecular flexibility index (Phi) is 2.69. The lowest BCUT2D eigenvalue weighted by Crippen LogP contribution is -2.08. The van der Waals surface area contributed by atoms with Crippen molar-refractivity contribution in [3.05, 3.63) is 81.2 Å². The summed E-state index contributed by atoms with van der Waals surface area (Å²) < 4.78 is 5.74. The van der Waals surface area contributed by atoms with Crippen LogP contribution in [0.5, 0.6) is 0 Å². The maximum Gasteiger partial charge on any atom is 0.200 e. The minimum Gasteiger partial charge on any atom is -0.456 e. The molecule has 0 saturated heterocycles. The van der Waals surface area contributed by atoms with E-state index in [1.54, 1.807) is 42.6 Å². The van der Waals surface area contributed by atoms with Gasteiger partial charge in [0, 0.05) is 23.2 Å². The van der Waals surface area contributed by atoms with Gasteiger partial charge in [-0.05, 0) is 24.3 Å². The summed E-state index contributed by atoms with van der Waals surface area (Å²) in [7, 11) is 0. The Bertz CT molecular complexity index is 1120. The van der Waals surface area contributed by atoms with Crippen molar-refractivity contribution in [2.24, 2.45) is 0 Å². The van der Waals surface area contributed by atoms with Gasteiger partial charge in [-0.2, -0.15) is 0 Å². The molecule has 0 fully saturated rings. The van der Waals surface area contributed by atoms with Crippen LogP contribution in [0, 0.1) is 0 Å². The fourth-order valence-electron chi connectivity index (χ4n) is 2.59. The van der Waals surface area contributed by atoms with Gasteiger partial charge in [-0.3, -0.25) is 9.59 Å². The maximum atomic E-state index is 12.6. The first-order valence-electron chi connectivity index (χ1n) is 6.88. The van der Waals surface area contributed by atoms with E-state index in [0.717, 1.165) is 5.52 Å². The molecule has 0 bridgehead atoms. The molecule has 2 heterocycles. The van der Waals surface area contributed by atoms with Crippen LogP contribution in [-0.4, -0.2) is 4.98 Å². The summed E-state index contributed by atoms with van der Waals surface area (Å²) in [5.74, 6) is 0.274. The number of rotatable bonds is 1. The number of para-hydroxylation sites is 2. The molecular weight excluding hydrogens is 278 g/mol. The topological polar surface area (TPSA) is 63.1 Å². The van der Waals surface area contributed by atoms with Crippen molar-refractivity contribution in [1.29, 1.82) is 0 Å². The summed E-state index contributed by atoms with van der Waals surface area (Å²) in [6, 6.07) is 15.6. The molecule has 0 radical (unpaired) electrons. The Morgan fingerprint density at radius 1 is 0.864 bits per heavy atom. The summed E-state index contributed by atoms with van der Waals surface area (Å²) in [6.07, 6.45) is 1.58. The highest BCUT2D eigenvalue weighted by atomic mass is 16.3. The highest BCUT2D eigenvalue weighted by molar-refractivity contribution is 5.83. The van der Waals surface area contributed by atoms with Crippen LogP contribution in [-0.2, 0) is 0 Å². The van der Waals surface area contributed by atoms with Crippen LogP contribution in [0.25, 0.3) is 33.2 Å². The van der Waals surface area contributed by atoms with Gasteiger partial charge < -0.3 is 9.40 Å². The summed E-state index contributed by atoms with van der Waals surface area (Å²) >= 11 is 0. The van der Waals surface area contributed by atoms with Gasteiger partial charge in [0.2, 0.25) is 0 Å². The average molecular weight is 289 g/mol. The van der Waals surface area contributed by atoms with Gasteiger partial charge in [0.1, 0.15) is 11.3 Å². The van der Waals surface area contributed by atoms with Crippen LogP contribution >= 0.6 is 0 Å². The Morgan fingerprint density at radius 2 is 1.59 bits per heavy atom. The van der Waals surface area contributed by atoms with Crippen molar-refractivity contribution in [2.75, 3.05) is 0 Å². The van der Waals surface area contributed by atoms with Crippen molar-refractivity contribution in [1.82, 2.24) is 4.98 Å². The van der Waals surface area contributed by atoms with Crippen LogP contribution in [0.3, 0.4) is 0 Å². The number of aromatic nitrogens is 1. The van der Waals surface area contributed by atoms with Gasteiger partial charge in [0.25, 0.3) is 0 Å². The fourth-order valence-corrected chi connectivity index (χ4v) is 2.59. The third-order valence-electron chi connectivity index (χ3n) is 3.69. The smallest absolute Gasteiger partial charge is 0.200 e. The fraction of sp³-hybridized carbons (Fsp3) is 0. The Labute approximate surface area is 124 Å². The Hall–Kier alpha value is -3.14. The lowest BCUT2D eigenvalue weighted by Gasteiger charge is -2.04. The second-order valence-corrected chi connectivity index (χ2v) is 5.05. The van der Waals surface area contributed by atoms with E-state index in [4.69, 9.17) is 4.42 Å². The second-order valence-electron chi connectivity index (χ2n) is 5.05. The van der Waals surface area contributed by atoms with Crippen LogP contribution in [0.4, 0.5) is 0 Å². The number of hydrogen-bond donors (Lipinski definition) is 1. The average Bonchev–Trinajstić information content (AvgIpc) is 2.55. The van der Waals surface area contributed by atoms with Crippen LogP contribution in [0.1, 0.15) is 0 Å². The first-order valence-corrected chi connectivity index (χ1v) is 6.88. The SMILES string of the molecule is O=c1c(-c2cc(=O)c3ccccc3o2)c[nH]c2ccccc12. The van der Waals surface area contributed by atoms with E-state index in [0.29, 0.717) is 21.9 Å². The van der Waals surface area contributed by atoms with Crippen molar-refractivity contribution in [3.63, 3.8) is 0 Å². The highest BCUT2D eigenvalue weighted by Gasteiger charge is 2.11. The molecule has 2 aromatic carbocycles. The summed E-state index contributed by atoms with van der Waals surface area (Å²) in [5, 5.41) is 1.07.